The van der Waals surface area contributed by atoms with E-state index in [1.807, 2.05) is 6.07 Å². The van der Waals surface area contributed by atoms with E-state index < -0.39 is 11.6 Å². The van der Waals surface area contributed by atoms with Gasteiger partial charge in [0.2, 0.25) is 5.91 Å². The molecule has 0 radical (unpaired) electrons. The first-order chi connectivity index (χ1) is 13.8. The molecule has 148 valence electrons. The molecule has 1 aromatic carbocycles. The number of amides is 3. The minimum absolute atomic E-state index is 0.158. The van der Waals surface area contributed by atoms with Crippen LogP contribution >= 0.6 is 0 Å². The summed E-state index contributed by atoms with van der Waals surface area (Å²) >= 11 is 0. The molecule has 1 aromatic heterocycles. The predicted molar refractivity (Wildman–Crippen MR) is 101 cm³/mol. The zero-order valence-corrected chi connectivity index (χ0v) is 16.0. The molecule has 1 aliphatic carbocycles. The van der Waals surface area contributed by atoms with Gasteiger partial charge in [0.25, 0.3) is 0 Å². The van der Waals surface area contributed by atoms with E-state index in [1.54, 1.807) is 26.0 Å². The molecule has 1 atom stereocenters. The Morgan fingerprint density at radius 1 is 1.41 bits per heavy atom. The van der Waals surface area contributed by atoms with E-state index in [2.05, 4.69) is 20.8 Å². The lowest BCUT2D eigenvalue weighted by Gasteiger charge is -2.37. The van der Waals surface area contributed by atoms with Gasteiger partial charge in [0.1, 0.15) is 18.4 Å². The summed E-state index contributed by atoms with van der Waals surface area (Å²) in [7, 11) is 0. The Bertz CT molecular complexity index is 1060. The number of nitriles is 1. The topological polar surface area (TPSA) is 111 Å². The van der Waals surface area contributed by atoms with Crippen LogP contribution in [0.25, 0.3) is 0 Å². The van der Waals surface area contributed by atoms with Crippen molar-refractivity contribution in [1.82, 2.24) is 20.4 Å². The van der Waals surface area contributed by atoms with Crippen molar-refractivity contribution in [2.24, 2.45) is 0 Å². The van der Waals surface area contributed by atoms with Crippen molar-refractivity contribution >= 4 is 17.6 Å². The van der Waals surface area contributed by atoms with E-state index in [1.165, 1.54) is 17.0 Å². The molecule has 2 heterocycles. The van der Waals surface area contributed by atoms with Crippen molar-refractivity contribution in [3.05, 3.63) is 52.6 Å². The number of nitrogens with one attached hydrogen (secondary N) is 2. The average Bonchev–Trinajstić information content (AvgIpc) is 3.47. The normalized spacial score (nSPS) is 17.2. The fourth-order valence-corrected chi connectivity index (χ4v) is 3.89. The van der Waals surface area contributed by atoms with Gasteiger partial charge in [-0.15, -0.1) is 5.10 Å². The Kier molecular flexibility index (Phi) is 4.42. The number of rotatable bonds is 4. The highest BCUT2D eigenvalue weighted by atomic mass is 19.1. The van der Waals surface area contributed by atoms with Crippen LogP contribution in [-0.4, -0.2) is 33.6 Å². The number of hydrogen-bond acceptors (Lipinski definition) is 5. The van der Waals surface area contributed by atoms with Crippen molar-refractivity contribution in [1.29, 1.82) is 5.26 Å². The van der Waals surface area contributed by atoms with E-state index in [0.717, 1.165) is 5.56 Å². The standard InChI is InChI=1S/C20H19FN6O2/c1-11-7-14(9-22)25-26-18(11)12(2)23-17(28)10-27-19(29)24-16-4-3-13(21)8-15(16)20(27)5-6-20/h3-4,7-8,12H,5-6,10H2,1-2H3,(H,23,28)(H,24,29)/t12-/m1/s1. The molecule has 1 saturated carbocycles. The number of urea groups is 1. The fraction of sp³-hybridized carbons (Fsp3) is 0.350. The van der Waals surface area contributed by atoms with Gasteiger partial charge in [-0.05, 0) is 56.5 Å². The molecule has 1 fully saturated rings. The van der Waals surface area contributed by atoms with Crippen molar-refractivity contribution in [3.63, 3.8) is 0 Å². The van der Waals surface area contributed by atoms with E-state index in [0.29, 0.717) is 29.8 Å². The second-order valence-corrected chi connectivity index (χ2v) is 7.44. The maximum absolute atomic E-state index is 13.8. The molecule has 2 aliphatic rings. The largest absolute Gasteiger partial charge is 0.346 e. The van der Waals surface area contributed by atoms with E-state index >= 15 is 0 Å². The summed E-state index contributed by atoms with van der Waals surface area (Å²) in [5.41, 5.74) is 2.15. The highest BCUT2D eigenvalue weighted by molar-refractivity contribution is 5.97. The molecule has 29 heavy (non-hydrogen) atoms. The molecule has 0 unspecified atom stereocenters. The number of halogens is 1. The number of hydrogen-bond donors (Lipinski definition) is 2. The summed E-state index contributed by atoms with van der Waals surface area (Å²) in [6, 6.07) is 6.98. The quantitative estimate of drug-likeness (QED) is 0.828. The zero-order valence-electron chi connectivity index (χ0n) is 16.0. The molecule has 9 heteroatoms. The summed E-state index contributed by atoms with van der Waals surface area (Å²) < 4.78 is 13.8. The third-order valence-electron chi connectivity index (χ3n) is 5.44. The Morgan fingerprint density at radius 2 is 2.17 bits per heavy atom. The van der Waals surface area contributed by atoms with Crippen molar-refractivity contribution in [3.8, 4) is 6.07 Å². The number of aromatic nitrogens is 2. The van der Waals surface area contributed by atoms with Crippen molar-refractivity contribution in [2.45, 2.75) is 38.3 Å². The Balaban J connectivity index is 1.50. The average molecular weight is 394 g/mol. The Hall–Kier alpha value is -3.54. The summed E-state index contributed by atoms with van der Waals surface area (Å²) in [5.74, 6) is -0.733. The molecule has 1 aliphatic heterocycles. The van der Waals surface area contributed by atoms with E-state index in [-0.39, 0.29) is 30.0 Å². The van der Waals surface area contributed by atoms with Crippen molar-refractivity contribution in [2.75, 3.05) is 11.9 Å². The summed E-state index contributed by atoms with van der Waals surface area (Å²) in [5, 5.41) is 22.3. The first-order valence-electron chi connectivity index (χ1n) is 9.26. The SMILES string of the molecule is Cc1cc(C#N)nnc1[C@@H](C)NC(=O)CN1C(=O)Nc2ccc(F)cc2C12CC2. The van der Waals surface area contributed by atoms with Crippen LogP contribution in [0.3, 0.4) is 0 Å². The van der Waals surface area contributed by atoms with Crippen LogP contribution in [0.5, 0.6) is 0 Å². The Morgan fingerprint density at radius 3 is 2.83 bits per heavy atom. The van der Waals surface area contributed by atoms with Crippen LogP contribution in [0.1, 0.15) is 48.3 Å². The van der Waals surface area contributed by atoms with Crippen LogP contribution in [0, 0.1) is 24.1 Å². The van der Waals surface area contributed by atoms with Crippen molar-refractivity contribution < 1.29 is 14.0 Å². The fourth-order valence-electron chi connectivity index (χ4n) is 3.89. The van der Waals surface area contributed by atoms with Gasteiger partial charge in [0.15, 0.2) is 5.69 Å². The minimum atomic E-state index is -0.634. The van der Waals surface area contributed by atoms with Gasteiger partial charge in [-0.2, -0.15) is 10.4 Å². The number of fused-ring (bicyclic) bond motifs is 2. The Labute approximate surface area is 166 Å². The molecule has 2 N–H and O–H groups in total. The number of carbonyl (C=O) groups excluding carboxylic acids is 2. The number of benzene rings is 1. The molecular formula is C20H19FN6O2. The van der Waals surface area contributed by atoms with Crippen LogP contribution in [0.4, 0.5) is 14.9 Å². The summed E-state index contributed by atoms with van der Waals surface area (Å²) in [6.45, 7) is 3.39. The predicted octanol–water partition coefficient (Wildman–Crippen LogP) is 2.51. The second-order valence-electron chi connectivity index (χ2n) is 7.44. The maximum atomic E-state index is 13.8. The van der Waals surface area contributed by atoms with Gasteiger partial charge >= 0.3 is 6.03 Å². The summed E-state index contributed by atoms with van der Waals surface area (Å²) in [6.07, 6.45) is 1.36. The third-order valence-corrected chi connectivity index (χ3v) is 5.44. The molecule has 2 aromatic rings. The van der Waals surface area contributed by atoms with Gasteiger partial charge in [0, 0.05) is 11.3 Å². The number of carbonyl (C=O) groups is 2. The van der Waals surface area contributed by atoms with Crippen LogP contribution in [0.15, 0.2) is 24.3 Å². The minimum Gasteiger partial charge on any atom is -0.346 e. The van der Waals surface area contributed by atoms with Crippen LogP contribution < -0.4 is 10.6 Å². The number of nitrogens with zero attached hydrogens (tertiary/aromatic N) is 4. The van der Waals surface area contributed by atoms with Crippen LogP contribution in [0.2, 0.25) is 0 Å². The van der Waals surface area contributed by atoms with Gasteiger partial charge in [0.05, 0.1) is 17.3 Å². The van der Waals surface area contributed by atoms with Gasteiger partial charge in [-0.3, -0.25) is 4.79 Å². The highest BCUT2D eigenvalue weighted by Crippen LogP contribution is 2.55. The molecule has 4 rings (SSSR count). The molecule has 3 amide bonds. The smallest absolute Gasteiger partial charge is 0.323 e. The molecule has 0 bridgehead atoms. The van der Waals surface area contributed by atoms with E-state index in [9.17, 15) is 14.0 Å². The molecule has 0 saturated heterocycles. The van der Waals surface area contributed by atoms with Gasteiger partial charge in [-0.1, -0.05) is 0 Å². The highest BCUT2D eigenvalue weighted by Gasteiger charge is 2.55. The lowest BCUT2D eigenvalue weighted by Crippen LogP contribution is -2.51. The first-order valence-corrected chi connectivity index (χ1v) is 9.26. The third kappa shape index (κ3) is 3.27. The van der Waals surface area contributed by atoms with E-state index in [4.69, 9.17) is 5.26 Å². The number of aryl methyl sites for hydroxylation is 1. The molecule has 1 spiro atoms. The summed E-state index contributed by atoms with van der Waals surface area (Å²) in [4.78, 5) is 26.7. The lowest BCUT2D eigenvalue weighted by atomic mass is 9.98. The monoisotopic (exact) mass is 394 g/mol. The zero-order chi connectivity index (χ0) is 20.8. The second kappa shape index (κ2) is 6.81. The van der Waals surface area contributed by atoms with Gasteiger partial charge < -0.3 is 15.5 Å². The first kappa shape index (κ1) is 18.8. The molecule has 8 nitrogen and oxygen atoms in total. The maximum Gasteiger partial charge on any atom is 0.323 e. The number of anilines is 1. The van der Waals surface area contributed by atoms with Crippen LogP contribution in [-0.2, 0) is 10.3 Å². The van der Waals surface area contributed by atoms with Gasteiger partial charge in [-0.25, -0.2) is 9.18 Å². The lowest BCUT2D eigenvalue weighted by molar-refractivity contribution is -0.123. The molecular weight excluding hydrogens is 375 g/mol.